The molecule has 5 N–H and O–H groups in total. The lowest BCUT2D eigenvalue weighted by molar-refractivity contribution is 0.259. The molecule has 0 bridgehead atoms. The average molecular weight is 464 g/mol. The van der Waals surface area contributed by atoms with Crippen molar-refractivity contribution >= 4 is 54.1 Å². The van der Waals surface area contributed by atoms with Crippen molar-refractivity contribution in [3.05, 3.63) is 54.1 Å². The van der Waals surface area contributed by atoms with Gasteiger partial charge in [-0.1, -0.05) is 18.2 Å². The number of hydrogen-bond donors (Lipinski definition) is 4. The Labute approximate surface area is 177 Å². The molecule has 0 spiro atoms. The van der Waals surface area contributed by atoms with Crippen molar-refractivity contribution in [3.63, 3.8) is 0 Å². The summed E-state index contributed by atoms with van der Waals surface area (Å²) in [7, 11) is -9.40. The Kier molecular flexibility index (Phi) is 5.78. The van der Waals surface area contributed by atoms with Crippen molar-refractivity contribution in [3.8, 4) is 0 Å². The fraction of sp³-hybridized carbons (Fsp3) is 0.0556. The van der Waals surface area contributed by atoms with E-state index in [1.165, 1.54) is 18.2 Å². The van der Waals surface area contributed by atoms with Gasteiger partial charge in [-0.3, -0.25) is 9.11 Å². The first-order chi connectivity index (χ1) is 14.4. The zero-order valence-corrected chi connectivity index (χ0v) is 17.5. The van der Waals surface area contributed by atoms with Gasteiger partial charge in [-0.2, -0.15) is 16.8 Å². The number of fused-ring (bicyclic) bond motifs is 1. The van der Waals surface area contributed by atoms with Crippen LogP contribution in [0.2, 0.25) is 0 Å². The van der Waals surface area contributed by atoms with Crippen molar-refractivity contribution in [1.82, 2.24) is 0 Å². The predicted octanol–water partition coefficient (Wildman–Crippen LogP) is 3.55. The molecule has 11 nitrogen and oxygen atoms in total. The molecular weight excluding hydrogens is 448 g/mol. The highest BCUT2D eigenvalue weighted by Gasteiger charge is 2.21. The van der Waals surface area contributed by atoms with Gasteiger partial charge in [-0.25, -0.2) is 4.79 Å². The molecule has 13 heteroatoms. The Morgan fingerprint density at radius 3 is 2.16 bits per heavy atom. The molecule has 0 saturated heterocycles. The molecule has 2 amide bonds. The third kappa shape index (κ3) is 5.03. The molecule has 0 saturated carbocycles. The highest BCUT2D eigenvalue weighted by Crippen LogP contribution is 2.35. The number of carbonyl (C=O) groups excluding carboxylic acids is 1. The molecule has 0 aliphatic rings. The maximum atomic E-state index is 11.9. The zero-order chi connectivity index (χ0) is 23.0. The van der Waals surface area contributed by atoms with Crippen LogP contribution < -0.4 is 11.1 Å². The minimum atomic E-state index is -4.77. The quantitative estimate of drug-likeness (QED) is 0.328. The summed E-state index contributed by atoms with van der Waals surface area (Å²) in [5.41, 5.74) is 5.83. The van der Waals surface area contributed by atoms with Gasteiger partial charge in [0.15, 0.2) is 0 Å². The lowest BCUT2D eigenvalue weighted by Gasteiger charge is -2.09. The topological polar surface area (TPSA) is 189 Å². The van der Waals surface area contributed by atoms with E-state index in [1.807, 2.05) is 0 Å². The molecule has 0 unspecified atom stereocenters. The number of urea groups is 1. The maximum absolute atomic E-state index is 11.9. The predicted molar refractivity (Wildman–Crippen MR) is 112 cm³/mol. The smallest absolute Gasteiger partial charge is 0.316 e. The summed E-state index contributed by atoms with van der Waals surface area (Å²) >= 11 is 0. The second-order valence-corrected chi connectivity index (χ2v) is 9.24. The molecule has 3 aromatic carbocycles. The lowest BCUT2D eigenvalue weighted by Crippen LogP contribution is -2.19. The highest BCUT2D eigenvalue weighted by molar-refractivity contribution is 7.86. The van der Waals surface area contributed by atoms with Gasteiger partial charge in [-0.05, 0) is 48.2 Å². The summed E-state index contributed by atoms with van der Waals surface area (Å²) in [5, 5.41) is 10.2. The average Bonchev–Trinajstić information content (AvgIpc) is 2.64. The summed E-state index contributed by atoms with van der Waals surface area (Å²) in [6.45, 7) is 1.75. The van der Waals surface area contributed by atoms with E-state index in [4.69, 9.17) is 5.73 Å². The van der Waals surface area contributed by atoms with Gasteiger partial charge in [0.2, 0.25) is 0 Å². The number of nitrogens with one attached hydrogen (secondary N) is 1. The van der Waals surface area contributed by atoms with Gasteiger partial charge >= 0.3 is 6.03 Å². The normalized spacial score (nSPS) is 12.4. The van der Waals surface area contributed by atoms with Crippen LogP contribution in [0.15, 0.2) is 68.6 Å². The number of carbonyl (C=O) groups is 1. The number of rotatable bonds is 5. The second kappa shape index (κ2) is 8.03. The monoisotopic (exact) mass is 464 g/mol. The molecule has 0 aliphatic carbocycles. The first-order valence-corrected chi connectivity index (χ1v) is 11.3. The summed E-state index contributed by atoms with van der Waals surface area (Å²) < 4.78 is 66.1. The van der Waals surface area contributed by atoms with E-state index in [0.717, 1.165) is 23.8 Å². The van der Waals surface area contributed by atoms with Crippen molar-refractivity contribution in [2.24, 2.45) is 16.0 Å². The summed E-state index contributed by atoms with van der Waals surface area (Å²) in [5.74, 6) is 0. The molecule has 0 heterocycles. The van der Waals surface area contributed by atoms with Gasteiger partial charge in [0, 0.05) is 5.39 Å². The Bertz CT molecular complexity index is 1450. The van der Waals surface area contributed by atoms with E-state index < -0.39 is 41.7 Å². The van der Waals surface area contributed by atoms with Crippen molar-refractivity contribution in [1.29, 1.82) is 0 Å². The Morgan fingerprint density at radius 2 is 1.55 bits per heavy atom. The number of nitrogens with two attached hydrogens (primary N) is 1. The largest absolute Gasteiger partial charge is 0.351 e. The van der Waals surface area contributed by atoms with Gasteiger partial charge in [0.1, 0.15) is 21.2 Å². The number of azo groups is 1. The zero-order valence-electron chi connectivity index (χ0n) is 15.8. The standard InChI is InChI=1S/C18H16N4O7S2/c1-10-5-6-13(14(7-10)20-18(19)23)21-22-15-9-12-11(8-17(15)31(27,28)29)3-2-4-16(12)30(24,25)26/h2-9H,1H3,(H3,19,20,23)(H,24,25,26)(H,27,28,29). The van der Waals surface area contributed by atoms with Crippen LogP contribution in [-0.2, 0) is 20.2 Å². The SMILES string of the molecule is Cc1ccc(N=Nc2cc3c(S(=O)(=O)O)cccc3cc2S(=O)(=O)O)c(NC(N)=O)c1. The van der Waals surface area contributed by atoms with Crippen LogP contribution in [0.5, 0.6) is 0 Å². The number of amides is 2. The summed E-state index contributed by atoms with van der Waals surface area (Å²) in [4.78, 5) is 10.1. The van der Waals surface area contributed by atoms with Crippen LogP contribution in [0.4, 0.5) is 21.9 Å². The van der Waals surface area contributed by atoms with E-state index in [2.05, 4.69) is 15.5 Å². The van der Waals surface area contributed by atoms with Crippen molar-refractivity contribution in [2.45, 2.75) is 16.7 Å². The van der Waals surface area contributed by atoms with Crippen LogP contribution in [0.1, 0.15) is 5.56 Å². The van der Waals surface area contributed by atoms with Crippen LogP contribution in [0, 0.1) is 6.92 Å². The highest BCUT2D eigenvalue weighted by atomic mass is 32.2. The Balaban J connectivity index is 2.25. The van der Waals surface area contributed by atoms with Crippen LogP contribution in [-0.4, -0.2) is 32.0 Å². The van der Waals surface area contributed by atoms with Crippen molar-refractivity contribution in [2.75, 3.05) is 5.32 Å². The molecule has 31 heavy (non-hydrogen) atoms. The molecule has 0 aliphatic heterocycles. The van der Waals surface area contributed by atoms with Crippen LogP contribution in [0.25, 0.3) is 10.8 Å². The fourth-order valence-corrected chi connectivity index (χ4v) is 4.20. The van der Waals surface area contributed by atoms with E-state index in [-0.39, 0.29) is 22.1 Å². The van der Waals surface area contributed by atoms with E-state index in [9.17, 15) is 30.7 Å². The van der Waals surface area contributed by atoms with Gasteiger partial charge < -0.3 is 11.1 Å². The third-order valence-corrected chi connectivity index (χ3v) is 5.95. The molecule has 0 radical (unpaired) electrons. The first kappa shape index (κ1) is 22.3. The minimum Gasteiger partial charge on any atom is -0.351 e. The van der Waals surface area contributed by atoms with Crippen LogP contribution in [0.3, 0.4) is 0 Å². The molecular formula is C18H16N4O7S2. The van der Waals surface area contributed by atoms with E-state index in [0.29, 0.717) is 0 Å². The number of primary amides is 1. The number of anilines is 1. The molecule has 3 rings (SSSR count). The van der Waals surface area contributed by atoms with Gasteiger partial charge in [0.25, 0.3) is 20.2 Å². The number of benzene rings is 3. The van der Waals surface area contributed by atoms with Crippen molar-refractivity contribution < 1.29 is 30.7 Å². The third-order valence-electron chi connectivity index (χ3n) is 4.15. The van der Waals surface area contributed by atoms with E-state index >= 15 is 0 Å². The summed E-state index contributed by atoms with van der Waals surface area (Å²) in [6.07, 6.45) is 0. The van der Waals surface area contributed by atoms with Gasteiger partial charge in [0.05, 0.1) is 5.69 Å². The fourth-order valence-electron chi connectivity index (χ4n) is 2.85. The first-order valence-electron chi connectivity index (χ1n) is 8.47. The van der Waals surface area contributed by atoms with Crippen LogP contribution >= 0.6 is 0 Å². The van der Waals surface area contributed by atoms with E-state index in [1.54, 1.807) is 19.1 Å². The maximum Gasteiger partial charge on any atom is 0.316 e. The minimum absolute atomic E-state index is 0.0364. The molecule has 162 valence electrons. The molecule has 0 aromatic heterocycles. The molecule has 0 atom stereocenters. The summed E-state index contributed by atoms with van der Waals surface area (Å²) in [6, 6.07) is 9.72. The molecule has 3 aromatic rings. The number of hydrogen-bond acceptors (Lipinski definition) is 7. The Morgan fingerprint density at radius 1 is 0.903 bits per heavy atom. The lowest BCUT2D eigenvalue weighted by atomic mass is 10.1. The number of aryl methyl sites for hydroxylation is 1. The second-order valence-electron chi connectivity index (χ2n) is 6.46. The Hall–Kier alpha value is -3.39. The number of nitrogens with zero attached hydrogens (tertiary/aromatic N) is 2. The van der Waals surface area contributed by atoms with Gasteiger partial charge in [-0.15, -0.1) is 10.2 Å². The molecule has 0 fully saturated rings.